The Labute approximate surface area is 168 Å². The third kappa shape index (κ3) is 2.62. The highest BCUT2D eigenvalue weighted by Gasteiger charge is 2.13. The number of thioether (sulfide) groups is 1. The van der Waals surface area contributed by atoms with Gasteiger partial charge in [-0.05, 0) is 54.3 Å². The van der Waals surface area contributed by atoms with Crippen molar-refractivity contribution in [1.82, 2.24) is 9.38 Å². The molecule has 28 heavy (non-hydrogen) atoms. The molecule has 3 aromatic carbocycles. The molecule has 0 radical (unpaired) electrons. The smallest absolute Gasteiger partial charge is 0.146 e. The predicted molar refractivity (Wildman–Crippen MR) is 122 cm³/mol. The van der Waals surface area contributed by atoms with Gasteiger partial charge in [0.2, 0.25) is 0 Å². The van der Waals surface area contributed by atoms with Gasteiger partial charge in [0.25, 0.3) is 0 Å². The van der Waals surface area contributed by atoms with E-state index in [4.69, 9.17) is 4.98 Å². The van der Waals surface area contributed by atoms with E-state index < -0.39 is 0 Å². The van der Waals surface area contributed by atoms with Crippen LogP contribution in [0, 0.1) is 0 Å². The lowest BCUT2D eigenvalue weighted by atomic mass is 10.1. The SMILES string of the molecule is C=C(C)C(=C)CSc1ccc2c(c1)c1ccccc1n1c3ccccc3nc21. The fraction of sp³-hybridized carbons (Fsp3) is 0.0800. The van der Waals surface area contributed by atoms with E-state index in [1.54, 1.807) is 11.8 Å². The average Bonchev–Trinajstić information content (AvgIpc) is 3.12. The zero-order valence-electron chi connectivity index (χ0n) is 15.8. The summed E-state index contributed by atoms with van der Waals surface area (Å²) < 4.78 is 2.28. The zero-order chi connectivity index (χ0) is 19.3. The molecule has 2 heterocycles. The minimum Gasteiger partial charge on any atom is -0.292 e. The number of nitrogens with zero attached hydrogens (tertiary/aromatic N) is 2. The summed E-state index contributed by atoms with van der Waals surface area (Å²) in [6.45, 7) is 10.1. The summed E-state index contributed by atoms with van der Waals surface area (Å²) in [4.78, 5) is 6.19. The molecule has 0 unspecified atom stereocenters. The van der Waals surface area contributed by atoms with Crippen LogP contribution >= 0.6 is 11.8 Å². The fourth-order valence-electron chi connectivity index (χ4n) is 3.67. The highest BCUT2D eigenvalue weighted by atomic mass is 32.2. The van der Waals surface area contributed by atoms with Gasteiger partial charge in [-0.25, -0.2) is 4.98 Å². The molecule has 3 heteroatoms. The molecule has 136 valence electrons. The summed E-state index contributed by atoms with van der Waals surface area (Å²) in [6.07, 6.45) is 0. The molecule has 0 spiro atoms. The lowest BCUT2D eigenvalue weighted by Crippen LogP contribution is -1.92. The summed E-state index contributed by atoms with van der Waals surface area (Å²) in [5.74, 6) is 0.855. The van der Waals surface area contributed by atoms with Crippen molar-refractivity contribution in [2.45, 2.75) is 11.8 Å². The number of para-hydroxylation sites is 3. The Morgan fingerprint density at radius 2 is 1.64 bits per heavy atom. The van der Waals surface area contributed by atoms with Gasteiger partial charge >= 0.3 is 0 Å². The molecule has 0 atom stereocenters. The number of aromatic nitrogens is 2. The van der Waals surface area contributed by atoms with E-state index in [2.05, 4.69) is 78.2 Å². The largest absolute Gasteiger partial charge is 0.292 e. The Morgan fingerprint density at radius 3 is 2.46 bits per heavy atom. The highest BCUT2D eigenvalue weighted by Crippen LogP contribution is 2.35. The molecule has 0 amide bonds. The van der Waals surface area contributed by atoms with Gasteiger partial charge in [-0.1, -0.05) is 49.1 Å². The van der Waals surface area contributed by atoms with Crippen molar-refractivity contribution in [3.05, 3.63) is 91.0 Å². The van der Waals surface area contributed by atoms with Crippen molar-refractivity contribution in [3.8, 4) is 0 Å². The number of benzene rings is 3. The van der Waals surface area contributed by atoms with E-state index in [-0.39, 0.29) is 0 Å². The van der Waals surface area contributed by atoms with Crippen molar-refractivity contribution in [1.29, 1.82) is 0 Å². The van der Waals surface area contributed by atoms with E-state index >= 15 is 0 Å². The Morgan fingerprint density at radius 1 is 0.893 bits per heavy atom. The Bertz CT molecular complexity index is 1410. The van der Waals surface area contributed by atoms with Gasteiger partial charge in [0, 0.05) is 21.4 Å². The first kappa shape index (κ1) is 17.1. The number of allylic oxidation sites excluding steroid dienone is 1. The number of fused-ring (bicyclic) bond motifs is 8. The van der Waals surface area contributed by atoms with Crippen LogP contribution in [0.3, 0.4) is 0 Å². The number of pyridine rings is 1. The molecular weight excluding hydrogens is 360 g/mol. The van der Waals surface area contributed by atoms with Gasteiger partial charge in [0.1, 0.15) is 5.65 Å². The molecular formula is C25H20N2S. The molecule has 2 aromatic heterocycles. The van der Waals surface area contributed by atoms with Gasteiger partial charge < -0.3 is 0 Å². The van der Waals surface area contributed by atoms with Gasteiger partial charge in [-0.15, -0.1) is 11.8 Å². The maximum atomic E-state index is 4.95. The molecule has 0 aliphatic rings. The zero-order valence-corrected chi connectivity index (χ0v) is 16.6. The van der Waals surface area contributed by atoms with E-state index in [9.17, 15) is 0 Å². The van der Waals surface area contributed by atoms with Crippen LogP contribution in [-0.2, 0) is 0 Å². The molecule has 0 N–H and O–H groups in total. The van der Waals surface area contributed by atoms with Gasteiger partial charge in [-0.3, -0.25) is 4.40 Å². The number of hydrogen-bond acceptors (Lipinski definition) is 2. The van der Waals surface area contributed by atoms with Crippen LogP contribution in [0.25, 0.3) is 38.4 Å². The second kappa shape index (κ2) is 6.54. The second-order valence-corrected chi connectivity index (χ2v) is 8.21. The molecule has 5 aromatic rings. The van der Waals surface area contributed by atoms with Gasteiger partial charge in [0.15, 0.2) is 0 Å². The summed E-state index contributed by atoms with van der Waals surface area (Å²) >= 11 is 1.80. The fourth-order valence-corrected chi connectivity index (χ4v) is 4.62. The van der Waals surface area contributed by atoms with Crippen LogP contribution in [0.2, 0.25) is 0 Å². The van der Waals surface area contributed by atoms with Crippen LogP contribution in [0.4, 0.5) is 0 Å². The van der Waals surface area contributed by atoms with Gasteiger partial charge in [0.05, 0.1) is 16.6 Å². The van der Waals surface area contributed by atoms with Crippen LogP contribution in [0.1, 0.15) is 6.92 Å². The van der Waals surface area contributed by atoms with Crippen molar-refractivity contribution in [3.63, 3.8) is 0 Å². The molecule has 0 aliphatic carbocycles. The molecule has 5 rings (SSSR count). The first-order valence-electron chi connectivity index (χ1n) is 9.31. The van der Waals surface area contributed by atoms with Crippen LogP contribution in [-0.4, -0.2) is 15.1 Å². The van der Waals surface area contributed by atoms with E-state index in [1.165, 1.54) is 26.6 Å². The minimum atomic E-state index is 0.855. The summed E-state index contributed by atoms with van der Waals surface area (Å²) in [7, 11) is 0. The van der Waals surface area contributed by atoms with Gasteiger partial charge in [-0.2, -0.15) is 0 Å². The first-order valence-corrected chi connectivity index (χ1v) is 10.3. The predicted octanol–water partition coefficient (Wildman–Crippen LogP) is 7.02. The van der Waals surface area contributed by atoms with E-state index in [1.807, 2.05) is 13.0 Å². The van der Waals surface area contributed by atoms with Crippen LogP contribution in [0.15, 0.2) is 95.9 Å². The van der Waals surface area contributed by atoms with E-state index in [0.29, 0.717) is 0 Å². The van der Waals surface area contributed by atoms with Crippen molar-refractivity contribution in [2.24, 2.45) is 0 Å². The molecule has 0 bridgehead atoms. The first-order chi connectivity index (χ1) is 13.6. The average molecular weight is 381 g/mol. The highest BCUT2D eigenvalue weighted by molar-refractivity contribution is 7.99. The summed E-state index contributed by atoms with van der Waals surface area (Å²) in [5.41, 5.74) is 6.50. The summed E-state index contributed by atoms with van der Waals surface area (Å²) in [5, 5.41) is 3.66. The molecule has 0 saturated heterocycles. The summed E-state index contributed by atoms with van der Waals surface area (Å²) in [6, 6.07) is 23.6. The molecule has 0 saturated carbocycles. The van der Waals surface area contributed by atoms with Crippen molar-refractivity contribution >= 4 is 50.1 Å². The minimum absolute atomic E-state index is 0.855. The number of hydrogen-bond donors (Lipinski definition) is 0. The quantitative estimate of drug-likeness (QED) is 0.189. The van der Waals surface area contributed by atoms with Crippen molar-refractivity contribution < 1.29 is 0 Å². The maximum Gasteiger partial charge on any atom is 0.146 e. The number of rotatable bonds is 4. The Kier molecular flexibility index (Phi) is 3.99. The number of imidazole rings is 1. The molecule has 0 aliphatic heterocycles. The third-order valence-corrected chi connectivity index (χ3v) is 6.32. The third-order valence-electron chi connectivity index (χ3n) is 5.24. The topological polar surface area (TPSA) is 17.3 Å². The van der Waals surface area contributed by atoms with Crippen molar-refractivity contribution in [2.75, 3.05) is 5.75 Å². The van der Waals surface area contributed by atoms with Crippen LogP contribution in [0.5, 0.6) is 0 Å². The van der Waals surface area contributed by atoms with Crippen LogP contribution < -0.4 is 0 Å². The Hall–Kier alpha value is -3.04. The standard InChI is InChI=1S/C25H20N2S/c1-16(2)17(3)15-28-18-12-13-20-21(14-18)19-8-4-6-10-23(19)27-24-11-7-5-9-22(24)26-25(20)27/h4-14H,1,3,15H2,2H3. The monoisotopic (exact) mass is 380 g/mol. The normalized spacial score (nSPS) is 11.6. The maximum absolute atomic E-state index is 4.95. The molecule has 0 fully saturated rings. The van der Waals surface area contributed by atoms with E-state index in [0.717, 1.165) is 33.6 Å². The lowest BCUT2D eigenvalue weighted by molar-refractivity contribution is 1.31. The second-order valence-electron chi connectivity index (χ2n) is 7.16. The molecule has 2 nitrogen and oxygen atoms in total. The lowest BCUT2D eigenvalue weighted by Gasteiger charge is -2.11. The Balaban J connectivity index is 1.79.